The molecule has 2 heterocycles. The largest absolute Gasteiger partial charge is 0.339 e. The van der Waals surface area contributed by atoms with Crippen LogP contribution < -0.4 is 21.3 Å². The number of carbonyl (C=O) groups excluding carboxylic acids is 4. The highest BCUT2D eigenvalue weighted by Gasteiger charge is 2.57. The number of nitrogens with zero attached hydrogens (tertiary/aromatic N) is 3. The topological polar surface area (TPSA) is 137 Å². The van der Waals surface area contributed by atoms with Crippen LogP contribution in [0.4, 0.5) is 16.2 Å². The molecule has 4 N–H and O–H groups in total. The molecule has 11 heteroatoms. The van der Waals surface area contributed by atoms with Crippen LogP contribution in [0.25, 0.3) is 0 Å². The maximum absolute atomic E-state index is 14.2. The highest BCUT2D eigenvalue weighted by atomic mass is 16.2. The van der Waals surface area contributed by atoms with Gasteiger partial charge in [0.15, 0.2) is 0 Å². The predicted octanol–water partition coefficient (Wildman–Crippen LogP) is 4.02. The predicted molar refractivity (Wildman–Crippen MR) is 173 cm³/mol. The molecule has 3 fully saturated rings. The van der Waals surface area contributed by atoms with Crippen molar-refractivity contribution in [3.63, 3.8) is 0 Å². The van der Waals surface area contributed by atoms with Crippen molar-refractivity contribution in [2.75, 3.05) is 23.7 Å². The molecule has 0 bridgehead atoms. The fourth-order valence-electron chi connectivity index (χ4n) is 7.55. The third-order valence-electron chi connectivity index (χ3n) is 10.5. The smallest absolute Gasteiger partial charge is 0.318 e. The Morgan fingerprint density at radius 3 is 2.41 bits per heavy atom. The van der Waals surface area contributed by atoms with E-state index in [2.05, 4.69) is 26.4 Å². The van der Waals surface area contributed by atoms with Crippen molar-refractivity contribution in [2.24, 2.45) is 18.4 Å². The van der Waals surface area contributed by atoms with E-state index in [1.165, 1.54) is 4.68 Å². The van der Waals surface area contributed by atoms with Gasteiger partial charge in [0, 0.05) is 56.0 Å². The molecule has 4 aliphatic rings. The highest BCUT2D eigenvalue weighted by Crippen LogP contribution is 2.50. The Kier molecular flexibility index (Phi) is 7.78. The van der Waals surface area contributed by atoms with Crippen LogP contribution in [0.3, 0.4) is 0 Å². The van der Waals surface area contributed by atoms with E-state index in [-0.39, 0.29) is 35.1 Å². The van der Waals surface area contributed by atoms with Gasteiger partial charge in [-0.25, -0.2) is 4.79 Å². The average Bonchev–Trinajstić information content (AvgIpc) is 3.48. The molecule has 2 aromatic carbocycles. The molecule has 11 nitrogen and oxygen atoms in total. The second kappa shape index (κ2) is 11.9. The molecule has 240 valence electrons. The first kappa shape index (κ1) is 30.0. The van der Waals surface area contributed by atoms with Crippen molar-refractivity contribution in [2.45, 2.75) is 69.4 Å². The summed E-state index contributed by atoms with van der Waals surface area (Å²) in [5.74, 6) is -0.785. The Balaban J connectivity index is 1.14. The lowest BCUT2D eigenvalue weighted by Gasteiger charge is -2.44. The van der Waals surface area contributed by atoms with E-state index in [0.29, 0.717) is 43.0 Å². The zero-order valence-corrected chi connectivity index (χ0v) is 26.2. The van der Waals surface area contributed by atoms with E-state index >= 15 is 0 Å². The maximum atomic E-state index is 14.2. The monoisotopic (exact) mass is 623 g/mol. The number of nitrogens with one attached hydrogen (secondary N) is 4. The van der Waals surface area contributed by atoms with Crippen LogP contribution in [0, 0.1) is 11.3 Å². The van der Waals surface area contributed by atoms with Crippen molar-refractivity contribution in [3.8, 4) is 0 Å². The van der Waals surface area contributed by atoms with Crippen LogP contribution in [-0.4, -0.2) is 63.1 Å². The Morgan fingerprint density at radius 2 is 1.70 bits per heavy atom. The van der Waals surface area contributed by atoms with Crippen LogP contribution in [0.5, 0.6) is 0 Å². The van der Waals surface area contributed by atoms with Gasteiger partial charge in [-0.15, -0.1) is 0 Å². The second-order valence-electron chi connectivity index (χ2n) is 13.6. The third kappa shape index (κ3) is 5.74. The number of carbonyl (C=O) groups is 4. The summed E-state index contributed by atoms with van der Waals surface area (Å²) in [4.78, 5) is 56.3. The van der Waals surface area contributed by atoms with Gasteiger partial charge in [-0.1, -0.05) is 43.5 Å². The summed E-state index contributed by atoms with van der Waals surface area (Å²) in [7, 11) is 1.70. The summed E-state index contributed by atoms with van der Waals surface area (Å²) in [6.45, 7) is 1.18. The first-order valence-electron chi connectivity index (χ1n) is 16.4. The van der Waals surface area contributed by atoms with Crippen LogP contribution in [0.15, 0.2) is 60.8 Å². The van der Waals surface area contributed by atoms with Crippen molar-refractivity contribution >= 4 is 35.1 Å². The summed E-state index contributed by atoms with van der Waals surface area (Å²) in [5, 5.41) is 16.3. The van der Waals surface area contributed by atoms with Gasteiger partial charge in [0.1, 0.15) is 17.3 Å². The quantitative estimate of drug-likeness (QED) is 0.301. The van der Waals surface area contributed by atoms with Crippen molar-refractivity contribution in [3.05, 3.63) is 77.6 Å². The Hall–Kier alpha value is -4.67. The Labute approximate surface area is 268 Å². The molecule has 1 saturated heterocycles. The molecule has 3 aromatic rings. The highest BCUT2D eigenvalue weighted by molar-refractivity contribution is 6.03. The van der Waals surface area contributed by atoms with E-state index in [9.17, 15) is 19.2 Å². The summed E-state index contributed by atoms with van der Waals surface area (Å²) >= 11 is 0. The maximum Gasteiger partial charge on any atom is 0.318 e. The van der Waals surface area contributed by atoms with Crippen molar-refractivity contribution in [1.82, 2.24) is 25.3 Å². The molecule has 1 spiro atoms. The number of rotatable bonds is 8. The molecule has 0 radical (unpaired) electrons. The molecular formula is C35H41N7O4. The van der Waals surface area contributed by atoms with Gasteiger partial charge >= 0.3 is 6.03 Å². The van der Waals surface area contributed by atoms with E-state index in [4.69, 9.17) is 0 Å². The van der Waals surface area contributed by atoms with Crippen LogP contribution >= 0.6 is 0 Å². The van der Waals surface area contributed by atoms with Crippen LogP contribution in [0.2, 0.25) is 0 Å². The Morgan fingerprint density at radius 1 is 0.935 bits per heavy atom. The number of benzene rings is 2. The van der Waals surface area contributed by atoms with Crippen LogP contribution in [-0.2, 0) is 29.5 Å². The van der Waals surface area contributed by atoms with Gasteiger partial charge in [-0.3, -0.25) is 19.1 Å². The number of hydrogen-bond donors (Lipinski definition) is 4. The minimum absolute atomic E-state index is 0.0237. The van der Waals surface area contributed by atoms with Gasteiger partial charge < -0.3 is 26.2 Å². The summed E-state index contributed by atoms with van der Waals surface area (Å²) in [6, 6.07) is 15.7. The van der Waals surface area contributed by atoms with E-state index in [1.54, 1.807) is 24.2 Å². The van der Waals surface area contributed by atoms with Gasteiger partial charge in [0.25, 0.3) is 11.8 Å². The summed E-state index contributed by atoms with van der Waals surface area (Å²) in [5.41, 5.74) is 2.47. The molecule has 2 saturated carbocycles. The van der Waals surface area contributed by atoms with Crippen LogP contribution in [0.1, 0.15) is 66.6 Å². The minimum Gasteiger partial charge on any atom is -0.339 e. The zero-order valence-electron chi connectivity index (χ0n) is 26.2. The number of urea groups is 1. The minimum atomic E-state index is -1.11. The lowest BCUT2D eigenvalue weighted by molar-refractivity contribution is -0.127. The Bertz CT molecular complexity index is 1660. The standard InChI is InChI=1S/C35H41N7O4/c1-41-28(14-17-37-41)30(43)40-29(23-8-4-2-5-9-23)31(44)38-27-13-12-24-19-35(20-25(24)18-27,32(45)39-26-10-6-3-7-11-26)42-22-34(15-16-34)21-36-33(42)46/h3,6-7,10-14,17-18,23,29H,2,4-5,8-9,15-16,19-22H2,1H3,(H,36,46)(H,38,44)(H,39,45)(H,40,43)/t29-,35?/m0/s1. The molecule has 5 amide bonds. The zero-order chi connectivity index (χ0) is 31.9. The normalized spacial score (nSPS) is 22.5. The number of anilines is 2. The SMILES string of the molecule is Cn1nccc1C(=O)N[C@H](C(=O)Nc1ccc2c(c1)CC(C(=O)Nc1ccccc1)(N1CC3(CC3)CNC1=O)C2)C1CCCCC1. The first-order chi connectivity index (χ1) is 22.3. The van der Waals surface area contributed by atoms with Gasteiger partial charge in [-0.2, -0.15) is 5.10 Å². The fourth-order valence-corrected chi connectivity index (χ4v) is 7.55. The van der Waals surface area contributed by atoms with Gasteiger partial charge in [0.05, 0.1) is 0 Å². The number of aryl methyl sites for hydroxylation is 1. The molecular weight excluding hydrogens is 582 g/mol. The van der Waals surface area contributed by atoms with Gasteiger partial charge in [0.2, 0.25) is 5.91 Å². The van der Waals surface area contributed by atoms with Gasteiger partial charge in [-0.05, 0) is 73.1 Å². The molecule has 2 atom stereocenters. The fraction of sp³-hybridized carbons (Fsp3) is 0.457. The summed E-state index contributed by atoms with van der Waals surface area (Å²) < 4.78 is 1.50. The molecule has 1 aliphatic heterocycles. The van der Waals surface area contributed by atoms with E-state index in [0.717, 1.165) is 56.1 Å². The second-order valence-corrected chi connectivity index (χ2v) is 13.6. The lowest BCUT2D eigenvalue weighted by Crippen LogP contribution is -2.66. The number of amides is 5. The molecule has 1 aromatic heterocycles. The molecule has 1 unspecified atom stereocenters. The third-order valence-corrected chi connectivity index (χ3v) is 10.5. The number of hydrogen-bond acceptors (Lipinski definition) is 5. The molecule has 7 rings (SSSR count). The van der Waals surface area contributed by atoms with Crippen molar-refractivity contribution < 1.29 is 19.2 Å². The number of fused-ring (bicyclic) bond motifs is 1. The average molecular weight is 624 g/mol. The first-order valence-corrected chi connectivity index (χ1v) is 16.4. The van der Waals surface area contributed by atoms with Crippen molar-refractivity contribution in [1.29, 1.82) is 0 Å². The summed E-state index contributed by atoms with van der Waals surface area (Å²) in [6.07, 6.45) is 9.24. The lowest BCUT2D eigenvalue weighted by atomic mass is 9.83. The number of para-hydroxylation sites is 1. The molecule has 46 heavy (non-hydrogen) atoms. The van der Waals surface area contributed by atoms with E-state index < -0.39 is 11.6 Å². The van der Waals surface area contributed by atoms with E-state index in [1.807, 2.05) is 48.5 Å². The number of aromatic nitrogens is 2. The molecule has 3 aliphatic carbocycles.